The fourth-order valence-electron chi connectivity index (χ4n) is 4.90. The van der Waals surface area contributed by atoms with Gasteiger partial charge in [-0.25, -0.2) is 0 Å². The summed E-state index contributed by atoms with van der Waals surface area (Å²) in [6, 6.07) is 13.6. The molecule has 0 unspecified atom stereocenters. The largest absolute Gasteiger partial charge is 0.476 e. The van der Waals surface area contributed by atoms with E-state index in [-0.39, 0.29) is 18.4 Å². The minimum Gasteiger partial charge on any atom is -0.476 e. The zero-order valence-corrected chi connectivity index (χ0v) is 17.3. The average molecular weight is 405 g/mol. The van der Waals surface area contributed by atoms with Gasteiger partial charge in [-0.15, -0.1) is 0 Å². The maximum Gasteiger partial charge on any atom is 0.265 e. The molecule has 2 heterocycles. The lowest BCUT2D eigenvalue weighted by Gasteiger charge is -2.37. The third kappa shape index (κ3) is 3.57. The van der Waals surface area contributed by atoms with Gasteiger partial charge >= 0.3 is 0 Å². The van der Waals surface area contributed by atoms with Crippen LogP contribution in [0.2, 0.25) is 0 Å². The average Bonchev–Trinajstić information content (AvgIpc) is 2.82. The van der Waals surface area contributed by atoms with E-state index in [9.17, 15) is 9.59 Å². The van der Waals surface area contributed by atoms with Gasteiger partial charge < -0.3 is 14.5 Å². The number of aryl methyl sites for hydroxylation is 2. The van der Waals surface area contributed by atoms with Crippen LogP contribution in [0.4, 0.5) is 5.69 Å². The molecule has 2 aliphatic heterocycles. The van der Waals surface area contributed by atoms with E-state index >= 15 is 0 Å². The number of likely N-dealkylation sites (tertiary alicyclic amines) is 1. The van der Waals surface area contributed by atoms with Crippen LogP contribution in [0.15, 0.2) is 42.5 Å². The number of nitrogens with zero attached hydrogens (tertiary/aromatic N) is 2. The number of hydrogen-bond acceptors (Lipinski definition) is 3. The van der Waals surface area contributed by atoms with Crippen molar-refractivity contribution in [2.24, 2.45) is 0 Å². The zero-order chi connectivity index (χ0) is 20.5. The van der Waals surface area contributed by atoms with Crippen molar-refractivity contribution < 1.29 is 14.3 Å². The Bertz CT molecular complexity index is 965. The summed E-state index contributed by atoms with van der Waals surface area (Å²) in [6.45, 7) is 1.81. The molecule has 1 atom stereocenters. The number of para-hydroxylation sites is 2. The molecular weight excluding hydrogens is 376 g/mol. The molecule has 5 rings (SSSR count). The Morgan fingerprint density at radius 1 is 0.867 bits per heavy atom. The van der Waals surface area contributed by atoms with Crippen LogP contribution < -0.4 is 9.64 Å². The molecule has 0 N–H and O–H groups in total. The van der Waals surface area contributed by atoms with E-state index in [1.165, 1.54) is 30.4 Å². The monoisotopic (exact) mass is 404 g/mol. The first-order valence-electron chi connectivity index (χ1n) is 11.2. The number of hydrogen-bond donors (Lipinski definition) is 0. The van der Waals surface area contributed by atoms with Gasteiger partial charge in [0, 0.05) is 18.7 Å². The van der Waals surface area contributed by atoms with Crippen LogP contribution in [0.1, 0.15) is 53.6 Å². The van der Waals surface area contributed by atoms with Crippen molar-refractivity contribution in [2.75, 3.05) is 24.5 Å². The number of ether oxygens (including phenoxy) is 1. The molecule has 1 saturated heterocycles. The molecule has 1 aliphatic carbocycles. The number of amides is 2. The van der Waals surface area contributed by atoms with E-state index in [1.807, 2.05) is 35.2 Å². The second-order valence-electron chi connectivity index (χ2n) is 8.57. The second-order valence-corrected chi connectivity index (χ2v) is 8.57. The molecule has 1 fully saturated rings. The van der Waals surface area contributed by atoms with Gasteiger partial charge in [-0.1, -0.05) is 18.2 Å². The molecule has 0 radical (unpaired) electrons. The predicted molar refractivity (Wildman–Crippen MR) is 116 cm³/mol. The van der Waals surface area contributed by atoms with Gasteiger partial charge in [0.2, 0.25) is 0 Å². The highest BCUT2D eigenvalue weighted by Gasteiger charge is 2.36. The summed E-state index contributed by atoms with van der Waals surface area (Å²) < 4.78 is 6.07. The van der Waals surface area contributed by atoms with Crippen molar-refractivity contribution in [1.82, 2.24) is 4.90 Å². The van der Waals surface area contributed by atoms with Crippen LogP contribution in [0.3, 0.4) is 0 Å². The van der Waals surface area contributed by atoms with E-state index in [0.29, 0.717) is 11.3 Å². The van der Waals surface area contributed by atoms with Crippen LogP contribution in [-0.2, 0) is 17.6 Å². The summed E-state index contributed by atoms with van der Waals surface area (Å²) in [6.07, 6.45) is 7.11. The quantitative estimate of drug-likeness (QED) is 0.761. The van der Waals surface area contributed by atoms with Gasteiger partial charge in [0.15, 0.2) is 6.10 Å². The van der Waals surface area contributed by atoms with Crippen LogP contribution in [0, 0.1) is 0 Å². The van der Waals surface area contributed by atoms with Crippen molar-refractivity contribution in [3.05, 3.63) is 59.2 Å². The highest BCUT2D eigenvalue weighted by Crippen LogP contribution is 2.35. The summed E-state index contributed by atoms with van der Waals surface area (Å²) in [5.41, 5.74) is 4.08. The number of carbonyl (C=O) groups is 2. The van der Waals surface area contributed by atoms with Gasteiger partial charge in [0.05, 0.1) is 12.2 Å². The Labute approximate surface area is 177 Å². The highest BCUT2D eigenvalue weighted by atomic mass is 16.5. The van der Waals surface area contributed by atoms with Gasteiger partial charge in [-0.2, -0.15) is 0 Å². The second kappa shape index (κ2) is 8.13. The third-order valence-corrected chi connectivity index (χ3v) is 6.56. The molecule has 0 bridgehead atoms. The van der Waals surface area contributed by atoms with Crippen LogP contribution in [0.5, 0.6) is 5.75 Å². The van der Waals surface area contributed by atoms with Crippen LogP contribution >= 0.6 is 0 Å². The lowest BCUT2D eigenvalue weighted by molar-refractivity contribution is -0.139. The molecule has 156 valence electrons. The Balaban J connectivity index is 1.44. The Morgan fingerprint density at radius 3 is 2.47 bits per heavy atom. The molecule has 30 heavy (non-hydrogen) atoms. The smallest absolute Gasteiger partial charge is 0.265 e. The fraction of sp³-hybridized carbons (Fsp3) is 0.440. The SMILES string of the molecule is O=C([C@H]1CN(C(=O)c2ccc3c(c2)CCCC3)c2ccccc2O1)N1CCCCC1. The number of rotatable bonds is 2. The summed E-state index contributed by atoms with van der Waals surface area (Å²) in [7, 11) is 0. The van der Waals surface area contributed by atoms with Gasteiger partial charge in [0.1, 0.15) is 5.75 Å². The molecule has 2 aromatic carbocycles. The molecule has 0 aromatic heterocycles. The highest BCUT2D eigenvalue weighted by molar-refractivity contribution is 6.08. The van der Waals surface area contributed by atoms with Gasteiger partial charge in [0.25, 0.3) is 11.8 Å². The molecule has 3 aliphatic rings. The molecule has 0 saturated carbocycles. The summed E-state index contributed by atoms with van der Waals surface area (Å²) in [5, 5.41) is 0. The summed E-state index contributed by atoms with van der Waals surface area (Å²) in [4.78, 5) is 30.3. The van der Waals surface area contributed by atoms with E-state index < -0.39 is 6.10 Å². The number of anilines is 1. The summed E-state index contributed by atoms with van der Waals surface area (Å²) in [5.74, 6) is 0.536. The number of piperidine rings is 1. The molecule has 2 aromatic rings. The van der Waals surface area contributed by atoms with E-state index in [1.54, 1.807) is 4.90 Å². The molecule has 5 heteroatoms. The van der Waals surface area contributed by atoms with Crippen molar-refractivity contribution in [3.63, 3.8) is 0 Å². The first-order chi connectivity index (χ1) is 14.7. The topological polar surface area (TPSA) is 49.9 Å². The fourth-order valence-corrected chi connectivity index (χ4v) is 4.90. The van der Waals surface area contributed by atoms with Crippen LogP contribution in [0.25, 0.3) is 0 Å². The standard InChI is InChI=1S/C25H28N2O3/c28-24(20-13-12-18-8-2-3-9-19(18)16-20)27-17-23(25(29)26-14-6-1-7-15-26)30-22-11-5-4-10-21(22)27/h4-5,10-13,16,23H,1-3,6-9,14-15,17H2/t23-/m1/s1. The Hall–Kier alpha value is -2.82. The number of benzene rings is 2. The zero-order valence-electron chi connectivity index (χ0n) is 17.3. The third-order valence-electron chi connectivity index (χ3n) is 6.56. The van der Waals surface area contributed by atoms with Crippen molar-refractivity contribution in [1.29, 1.82) is 0 Å². The molecule has 5 nitrogen and oxygen atoms in total. The predicted octanol–water partition coefficient (Wildman–Crippen LogP) is 3.99. The maximum absolute atomic E-state index is 13.5. The minimum absolute atomic E-state index is 0.00700. The van der Waals surface area contributed by atoms with E-state index in [0.717, 1.165) is 44.5 Å². The Morgan fingerprint density at radius 2 is 1.63 bits per heavy atom. The van der Waals surface area contributed by atoms with Gasteiger partial charge in [-0.05, 0) is 80.3 Å². The van der Waals surface area contributed by atoms with E-state index in [2.05, 4.69) is 12.1 Å². The molecule has 2 amide bonds. The molecule has 0 spiro atoms. The van der Waals surface area contributed by atoms with Gasteiger partial charge in [-0.3, -0.25) is 9.59 Å². The van der Waals surface area contributed by atoms with Crippen molar-refractivity contribution in [2.45, 2.75) is 51.0 Å². The number of fused-ring (bicyclic) bond motifs is 2. The van der Waals surface area contributed by atoms with Crippen molar-refractivity contribution in [3.8, 4) is 5.75 Å². The minimum atomic E-state index is -0.653. The number of carbonyl (C=O) groups excluding carboxylic acids is 2. The van der Waals surface area contributed by atoms with E-state index in [4.69, 9.17) is 4.74 Å². The summed E-state index contributed by atoms with van der Waals surface area (Å²) >= 11 is 0. The first-order valence-corrected chi connectivity index (χ1v) is 11.2. The lowest BCUT2D eigenvalue weighted by Crippen LogP contribution is -2.52. The maximum atomic E-state index is 13.5. The van der Waals surface area contributed by atoms with Crippen LogP contribution in [-0.4, -0.2) is 42.5 Å². The Kier molecular flexibility index (Phi) is 5.19. The normalized spacial score (nSPS) is 20.7. The lowest BCUT2D eigenvalue weighted by atomic mass is 9.90. The first kappa shape index (κ1) is 19.2. The molecular formula is C25H28N2O3. The van der Waals surface area contributed by atoms with Crippen molar-refractivity contribution >= 4 is 17.5 Å².